The van der Waals surface area contributed by atoms with Crippen LogP contribution in [0.1, 0.15) is 22.9 Å². The van der Waals surface area contributed by atoms with Crippen molar-refractivity contribution in [3.8, 4) is 0 Å². The van der Waals surface area contributed by atoms with Crippen molar-refractivity contribution in [2.24, 2.45) is 7.05 Å². The van der Waals surface area contributed by atoms with Crippen LogP contribution >= 0.6 is 0 Å². The Hall–Kier alpha value is -1.65. The summed E-state index contributed by atoms with van der Waals surface area (Å²) < 4.78 is 8.02. The summed E-state index contributed by atoms with van der Waals surface area (Å²) in [5.74, 6) is 0. The fourth-order valence-electron chi connectivity index (χ4n) is 2.21. The van der Waals surface area contributed by atoms with Crippen LogP contribution in [0.3, 0.4) is 0 Å². The molecule has 20 heavy (non-hydrogen) atoms. The second kappa shape index (κ2) is 6.68. The Bertz CT molecular complexity index is 548. The number of nitrogens with zero attached hydrogens (tertiary/aromatic N) is 3. The summed E-state index contributed by atoms with van der Waals surface area (Å²) in [6, 6.07) is 10.4. The molecule has 0 aliphatic carbocycles. The molecule has 4 nitrogen and oxygen atoms in total. The molecule has 0 spiro atoms. The van der Waals surface area contributed by atoms with Gasteiger partial charge in [-0.15, -0.1) is 0 Å². The smallest absolute Gasteiger partial charge is 0.124 e. The third kappa shape index (κ3) is 3.46. The zero-order valence-corrected chi connectivity index (χ0v) is 12.7. The van der Waals surface area contributed by atoms with Crippen molar-refractivity contribution < 1.29 is 4.74 Å². The molecule has 0 saturated heterocycles. The van der Waals surface area contributed by atoms with Crippen molar-refractivity contribution in [1.29, 1.82) is 0 Å². The average molecular weight is 273 g/mol. The van der Waals surface area contributed by atoms with E-state index in [2.05, 4.69) is 55.3 Å². The lowest BCUT2D eigenvalue weighted by Gasteiger charge is -2.21. The van der Waals surface area contributed by atoms with Gasteiger partial charge in [-0.05, 0) is 38.2 Å². The zero-order chi connectivity index (χ0) is 14.5. The van der Waals surface area contributed by atoms with E-state index >= 15 is 0 Å². The number of hydrogen-bond acceptors (Lipinski definition) is 3. The van der Waals surface area contributed by atoms with Crippen LogP contribution in [0.15, 0.2) is 36.5 Å². The molecule has 108 valence electrons. The largest absolute Gasteiger partial charge is 0.366 e. The second-order valence-electron chi connectivity index (χ2n) is 5.29. The summed E-state index contributed by atoms with van der Waals surface area (Å²) >= 11 is 0. The van der Waals surface area contributed by atoms with Gasteiger partial charge in [-0.1, -0.05) is 24.3 Å². The molecule has 0 aliphatic heterocycles. The van der Waals surface area contributed by atoms with E-state index in [0.717, 1.165) is 12.2 Å². The van der Waals surface area contributed by atoms with Crippen molar-refractivity contribution in [2.75, 3.05) is 27.2 Å². The minimum absolute atomic E-state index is 0.0661. The van der Waals surface area contributed by atoms with E-state index in [1.165, 1.54) is 11.1 Å². The summed E-state index contributed by atoms with van der Waals surface area (Å²) in [6.45, 7) is 3.71. The van der Waals surface area contributed by atoms with E-state index in [1.54, 1.807) is 0 Å². The van der Waals surface area contributed by atoms with Gasteiger partial charge in [0.15, 0.2) is 0 Å². The molecule has 0 fully saturated rings. The van der Waals surface area contributed by atoms with Crippen LogP contribution in [0.5, 0.6) is 0 Å². The standard InChI is InChI=1S/C16H23N3O/c1-13-7-5-6-8-14(13)16(20-12-11-18(2)3)15-9-10-17-19(15)4/h5-10,16H,11-12H2,1-4H3. The molecule has 0 amide bonds. The Morgan fingerprint density at radius 1 is 1.25 bits per heavy atom. The Morgan fingerprint density at radius 3 is 2.60 bits per heavy atom. The maximum Gasteiger partial charge on any atom is 0.124 e. The Balaban J connectivity index is 2.25. The fraction of sp³-hybridized carbons (Fsp3) is 0.438. The molecule has 1 aromatic carbocycles. The molecule has 2 aromatic rings. The zero-order valence-electron chi connectivity index (χ0n) is 12.7. The van der Waals surface area contributed by atoms with Crippen LogP contribution in [-0.2, 0) is 11.8 Å². The SMILES string of the molecule is Cc1ccccc1C(OCCN(C)C)c1ccnn1C. The Morgan fingerprint density at radius 2 is 2.00 bits per heavy atom. The van der Waals surface area contributed by atoms with E-state index < -0.39 is 0 Å². The van der Waals surface area contributed by atoms with E-state index in [1.807, 2.05) is 24.0 Å². The number of benzene rings is 1. The summed E-state index contributed by atoms with van der Waals surface area (Å²) in [5, 5.41) is 4.26. The number of ether oxygens (including phenoxy) is 1. The first-order valence-corrected chi connectivity index (χ1v) is 6.89. The van der Waals surface area contributed by atoms with Gasteiger partial charge in [-0.2, -0.15) is 5.10 Å². The minimum atomic E-state index is -0.0661. The van der Waals surface area contributed by atoms with Crippen LogP contribution in [-0.4, -0.2) is 41.9 Å². The molecule has 2 rings (SSSR count). The van der Waals surface area contributed by atoms with E-state index in [4.69, 9.17) is 4.74 Å². The van der Waals surface area contributed by atoms with Gasteiger partial charge in [-0.25, -0.2) is 0 Å². The average Bonchev–Trinajstić information content (AvgIpc) is 2.82. The first-order chi connectivity index (χ1) is 9.59. The summed E-state index contributed by atoms with van der Waals surface area (Å²) in [4.78, 5) is 2.12. The van der Waals surface area contributed by atoms with Gasteiger partial charge in [0.1, 0.15) is 6.10 Å². The Labute approximate surface area is 121 Å². The molecule has 0 radical (unpaired) electrons. The predicted molar refractivity (Wildman–Crippen MR) is 80.7 cm³/mol. The van der Waals surface area contributed by atoms with Gasteiger partial charge in [-0.3, -0.25) is 4.68 Å². The van der Waals surface area contributed by atoms with Gasteiger partial charge in [0.2, 0.25) is 0 Å². The number of rotatable bonds is 6. The highest BCUT2D eigenvalue weighted by Crippen LogP contribution is 2.27. The number of aromatic nitrogens is 2. The topological polar surface area (TPSA) is 30.3 Å². The number of likely N-dealkylation sites (N-methyl/N-ethyl adjacent to an activating group) is 1. The van der Waals surface area contributed by atoms with Crippen LogP contribution in [0.25, 0.3) is 0 Å². The molecule has 1 unspecified atom stereocenters. The molecule has 0 N–H and O–H groups in total. The van der Waals surface area contributed by atoms with Gasteiger partial charge < -0.3 is 9.64 Å². The molecule has 1 aromatic heterocycles. The normalized spacial score (nSPS) is 12.8. The van der Waals surface area contributed by atoms with Crippen molar-refractivity contribution in [2.45, 2.75) is 13.0 Å². The second-order valence-corrected chi connectivity index (χ2v) is 5.29. The summed E-state index contributed by atoms with van der Waals surface area (Å²) in [6.07, 6.45) is 1.75. The highest BCUT2D eigenvalue weighted by molar-refractivity contribution is 5.32. The number of hydrogen-bond donors (Lipinski definition) is 0. The molecule has 1 atom stereocenters. The van der Waals surface area contributed by atoms with Crippen LogP contribution in [0.4, 0.5) is 0 Å². The number of aryl methyl sites for hydroxylation is 2. The first-order valence-electron chi connectivity index (χ1n) is 6.89. The minimum Gasteiger partial charge on any atom is -0.366 e. The Kier molecular flexibility index (Phi) is 4.93. The van der Waals surface area contributed by atoms with Gasteiger partial charge in [0.25, 0.3) is 0 Å². The van der Waals surface area contributed by atoms with Crippen molar-refractivity contribution in [1.82, 2.24) is 14.7 Å². The molecule has 1 heterocycles. The molecule has 0 bridgehead atoms. The maximum atomic E-state index is 6.14. The maximum absolute atomic E-state index is 6.14. The van der Waals surface area contributed by atoms with E-state index in [9.17, 15) is 0 Å². The quantitative estimate of drug-likeness (QED) is 0.809. The van der Waals surface area contributed by atoms with Crippen molar-refractivity contribution >= 4 is 0 Å². The molecular formula is C16H23N3O. The van der Waals surface area contributed by atoms with E-state index in [0.29, 0.717) is 6.61 Å². The monoisotopic (exact) mass is 273 g/mol. The third-order valence-corrected chi connectivity index (χ3v) is 3.42. The lowest BCUT2D eigenvalue weighted by molar-refractivity contribution is 0.0635. The summed E-state index contributed by atoms with van der Waals surface area (Å²) in [5.41, 5.74) is 3.52. The van der Waals surface area contributed by atoms with E-state index in [-0.39, 0.29) is 6.10 Å². The lowest BCUT2D eigenvalue weighted by atomic mass is 10.0. The predicted octanol–water partition coefficient (Wildman–Crippen LogP) is 2.40. The third-order valence-electron chi connectivity index (χ3n) is 3.42. The van der Waals surface area contributed by atoms with Crippen LogP contribution in [0.2, 0.25) is 0 Å². The highest BCUT2D eigenvalue weighted by Gasteiger charge is 2.19. The van der Waals surface area contributed by atoms with Crippen LogP contribution in [0, 0.1) is 6.92 Å². The molecule has 0 saturated carbocycles. The van der Waals surface area contributed by atoms with Gasteiger partial charge in [0, 0.05) is 19.8 Å². The molecule has 4 heteroatoms. The highest BCUT2D eigenvalue weighted by atomic mass is 16.5. The first kappa shape index (κ1) is 14.8. The summed E-state index contributed by atoms with van der Waals surface area (Å²) in [7, 11) is 6.06. The van der Waals surface area contributed by atoms with Crippen molar-refractivity contribution in [3.05, 3.63) is 53.3 Å². The van der Waals surface area contributed by atoms with Crippen molar-refractivity contribution in [3.63, 3.8) is 0 Å². The van der Waals surface area contributed by atoms with Gasteiger partial charge in [0.05, 0.1) is 12.3 Å². The van der Waals surface area contributed by atoms with Gasteiger partial charge >= 0.3 is 0 Å². The molecule has 0 aliphatic rings. The fourth-order valence-corrected chi connectivity index (χ4v) is 2.21. The van der Waals surface area contributed by atoms with Crippen LogP contribution < -0.4 is 0 Å². The molecular weight excluding hydrogens is 250 g/mol. The lowest BCUT2D eigenvalue weighted by Crippen LogP contribution is -2.21.